The average molecular weight is 321 g/mol. The van der Waals surface area contributed by atoms with Crippen molar-refractivity contribution in [1.29, 1.82) is 0 Å². The first-order valence-electron chi connectivity index (χ1n) is 8.04. The molecule has 6 nitrogen and oxygen atoms in total. The van der Waals surface area contributed by atoms with Crippen molar-refractivity contribution < 1.29 is 13.2 Å². The van der Waals surface area contributed by atoms with E-state index in [1.807, 2.05) is 0 Å². The monoisotopic (exact) mass is 321 g/mol. The van der Waals surface area contributed by atoms with Crippen LogP contribution in [-0.4, -0.2) is 59.2 Å². The van der Waals surface area contributed by atoms with Gasteiger partial charge in [-0.05, 0) is 51.1 Å². The van der Waals surface area contributed by atoms with Gasteiger partial charge in [0.05, 0.1) is 0 Å². The number of ether oxygens (including phenoxy) is 1. The highest BCUT2D eigenvalue weighted by molar-refractivity contribution is 7.87. The molecule has 7 heteroatoms. The van der Waals surface area contributed by atoms with Crippen LogP contribution in [0.1, 0.15) is 39.0 Å². The van der Waals surface area contributed by atoms with Crippen LogP contribution in [0.2, 0.25) is 0 Å². The van der Waals surface area contributed by atoms with Gasteiger partial charge in [-0.3, -0.25) is 0 Å². The summed E-state index contributed by atoms with van der Waals surface area (Å²) in [6.45, 7) is 6.43. The standard InChI is InChI=1S/C14H31N3O3S/c1-3-15-12-14-8-7-10-17(13-14)21(18,19)16-9-5-4-6-11-20-2/h14-16H,3-13H2,1-2H3. The molecule has 0 aromatic rings. The van der Waals surface area contributed by atoms with Crippen molar-refractivity contribution in [3.8, 4) is 0 Å². The van der Waals surface area contributed by atoms with Crippen LogP contribution >= 0.6 is 0 Å². The van der Waals surface area contributed by atoms with Gasteiger partial charge in [0.2, 0.25) is 0 Å². The number of rotatable bonds is 11. The van der Waals surface area contributed by atoms with Crippen LogP contribution < -0.4 is 10.0 Å². The quantitative estimate of drug-likeness (QED) is 0.556. The second-order valence-corrected chi connectivity index (χ2v) is 7.38. The van der Waals surface area contributed by atoms with Gasteiger partial charge < -0.3 is 10.1 Å². The zero-order valence-electron chi connectivity index (χ0n) is 13.4. The van der Waals surface area contributed by atoms with Crippen molar-refractivity contribution in [1.82, 2.24) is 14.3 Å². The predicted octanol–water partition coefficient (Wildman–Crippen LogP) is 0.959. The summed E-state index contributed by atoms with van der Waals surface area (Å²) in [5.74, 6) is 0.428. The lowest BCUT2D eigenvalue weighted by Gasteiger charge is -2.32. The van der Waals surface area contributed by atoms with E-state index in [4.69, 9.17) is 4.74 Å². The second kappa shape index (κ2) is 10.5. The molecule has 0 radical (unpaired) electrons. The molecule has 1 atom stereocenters. The minimum atomic E-state index is -3.31. The lowest BCUT2D eigenvalue weighted by molar-refractivity contribution is 0.192. The number of nitrogens with zero attached hydrogens (tertiary/aromatic N) is 1. The molecule has 1 heterocycles. The van der Waals surface area contributed by atoms with Crippen molar-refractivity contribution in [2.45, 2.75) is 39.0 Å². The number of piperidine rings is 1. The van der Waals surface area contributed by atoms with Crippen molar-refractivity contribution >= 4 is 10.2 Å². The number of nitrogens with one attached hydrogen (secondary N) is 2. The minimum Gasteiger partial charge on any atom is -0.385 e. The van der Waals surface area contributed by atoms with Gasteiger partial charge in [0.15, 0.2) is 0 Å². The van der Waals surface area contributed by atoms with E-state index in [-0.39, 0.29) is 0 Å². The molecule has 0 bridgehead atoms. The molecule has 1 saturated heterocycles. The Hall–Kier alpha value is -0.210. The highest BCUT2D eigenvalue weighted by Gasteiger charge is 2.28. The van der Waals surface area contributed by atoms with E-state index in [1.165, 1.54) is 0 Å². The fraction of sp³-hybridized carbons (Fsp3) is 1.00. The Kier molecular flexibility index (Phi) is 9.42. The van der Waals surface area contributed by atoms with Gasteiger partial charge >= 0.3 is 0 Å². The smallest absolute Gasteiger partial charge is 0.279 e. The summed E-state index contributed by atoms with van der Waals surface area (Å²) in [6, 6.07) is 0. The largest absolute Gasteiger partial charge is 0.385 e. The topological polar surface area (TPSA) is 70.7 Å². The third kappa shape index (κ3) is 7.56. The Morgan fingerprint density at radius 1 is 1.29 bits per heavy atom. The lowest BCUT2D eigenvalue weighted by Crippen LogP contribution is -2.47. The van der Waals surface area contributed by atoms with Gasteiger partial charge in [-0.25, -0.2) is 4.72 Å². The molecule has 0 spiro atoms. The molecule has 126 valence electrons. The second-order valence-electron chi connectivity index (χ2n) is 5.63. The van der Waals surface area contributed by atoms with Crippen LogP contribution in [0.3, 0.4) is 0 Å². The fourth-order valence-corrected chi connectivity index (χ4v) is 3.96. The van der Waals surface area contributed by atoms with E-state index in [0.29, 0.717) is 25.6 Å². The van der Waals surface area contributed by atoms with Crippen molar-refractivity contribution in [3.05, 3.63) is 0 Å². The van der Waals surface area contributed by atoms with Gasteiger partial charge in [-0.1, -0.05) is 6.92 Å². The molecule has 1 aliphatic rings. The first kappa shape index (κ1) is 18.8. The van der Waals surface area contributed by atoms with Crippen molar-refractivity contribution in [2.75, 3.05) is 46.4 Å². The molecule has 0 saturated carbocycles. The van der Waals surface area contributed by atoms with E-state index < -0.39 is 10.2 Å². The maximum atomic E-state index is 12.3. The van der Waals surface area contributed by atoms with E-state index >= 15 is 0 Å². The highest BCUT2D eigenvalue weighted by atomic mass is 32.2. The van der Waals surface area contributed by atoms with E-state index in [9.17, 15) is 8.42 Å². The normalized spacial score (nSPS) is 20.8. The molecule has 1 aliphatic heterocycles. The third-order valence-electron chi connectivity index (χ3n) is 3.81. The summed E-state index contributed by atoms with van der Waals surface area (Å²) in [5, 5.41) is 3.31. The Morgan fingerprint density at radius 2 is 2.10 bits per heavy atom. The summed E-state index contributed by atoms with van der Waals surface area (Å²) in [7, 11) is -1.63. The van der Waals surface area contributed by atoms with Gasteiger partial charge in [0, 0.05) is 33.4 Å². The molecule has 1 unspecified atom stereocenters. The van der Waals surface area contributed by atoms with Crippen LogP contribution in [0.25, 0.3) is 0 Å². The third-order valence-corrected chi connectivity index (χ3v) is 5.39. The van der Waals surface area contributed by atoms with Crippen LogP contribution in [0, 0.1) is 5.92 Å². The molecule has 2 N–H and O–H groups in total. The van der Waals surface area contributed by atoms with Gasteiger partial charge in [-0.15, -0.1) is 0 Å². The predicted molar refractivity (Wildman–Crippen MR) is 85.5 cm³/mol. The number of hydrogen-bond donors (Lipinski definition) is 2. The zero-order chi connectivity index (χ0) is 15.6. The summed E-state index contributed by atoms with van der Waals surface area (Å²) in [5.41, 5.74) is 0. The van der Waals surface area contributed by atoms with Crippen molar-refractivity contribution in [2.24, 2.45) is 5.92 Å². The van der Waals surface area contributed by atoms with Crippen molar-refractivity contribution in [3.63, 3.8) is 0 Å². The molecule has 0 amide bonds. The maximum absolute atomic E-state index is 12.3. The maximum Gasteiger partial charge on any atom is 0.279 e. The van der Waals surface area contributed by atoms with Gasteiger partial charge in [0.25, 0.3) is 10.2 Å². The number of hydrogen-bond acceptors (Lipinski definition) is 4. The summed E-state index contributed by atoms with van der Waals surface area (Å²) < 4.78 is 33.8. The SMILES string of the molecule is CCNCC1CCCN(S(=O)(=O)NCCCCCOC)C1. The molecule has 1 rings (SSSR count). The van der Waals surface area contributed by atoms with Gasteiger partial charge in [0.1, 0.15) is 0 Å². The fourth-order valence-electron chi connectivity index (χ4n) is 2.60. The van der Waals surface area contributed by atoms with E-state index in [0.717, 1.165) is 51.8 Å². The van der Waals surface area contributed by atoms with Crippen LogP contribution in [0.15, 0.2) is 0 Å². The number of methoxy groups -OCH3 is 1. The highest BCUT2D eigenvalue weighted by Crippen LogP contribution is 2.18. The zero-order valence-corrected chi connectivity index (χ0v) is 14.3. The molecular formula is C14H31N3O3S. The molecule has 0 aliphatic carbocycles. The Bertz CT molecular complexity index is 362. The molecule has 0 aromatic carbocycles. The Labute approximate surface area is 129 Å². The summed E-state index contributed by atoms with van der Waals surface area (Å²) in [4.78, 5) is 0. The summed E-state index contributed by atoms with van der Waals surface area (Å²) >= 11 is 0. The van der Waals surface area contributed by atoms with Crippen LogP contribution in [0.4, 0.5) is 0 Å². The summed E-state index contributed by atoms with van der Waals surface area (Å²) in [6.07, 6.45) is 4.88. The van der Waals surface area contributed by atoms with Crippen LogP contribution in [0.5, 0.6) is 0 Å². The van der Waals surface area contributed by atoms with E-state index in [2.05, 4.69) is 17.0 Å². The molecule has 0 aromatic heterocycles. The lowest BCUT2D eigenvalue weighted by atomic mass is 10.00. The van der Waals surface area contributed by atoms with Gasteiger partial charge in [-0.2, -0.15) is 12.7 Å². The molecule has 21 heavy (non-hydrogen) atoms. The number of unbranched alkanes of at least 4 members (excludes halogenated alkanes) is 2. The Morgan fingerprint density at radius 3 is 2.81 bits per heavy atom. The van der Waals surface area contributed by atoms with Crippen LogP contribution in [-0.2, 0) is 14.9 Å². The minimum absolute atomic E-state index is 0.428. The molecular weight excluding hydrogens is 290 g/mol. The average Bonchev–Trinajstić information content (AvgIpc) is 2.49. The molecule has 1 fully saturated rings. The first-order valence-corrected chi connectivity index (χ1v) is 9.48. The first-order chi connectivity index (χ1) is 10.1. The van der Waals surface area contributed by atoms with E-state index in [1.54, 1.807) is 11.4 Å². The Balaban J connectivity index is 2.28.